The van der Waals surface area contributed by atoms with Crippen LogP contribution in [0.25, 0.3) is 0 Å². The zero-order valence-electron chi connectivity index (χ0n) is 11.8. The average Bonchev–Trinajstić information content (AvgIpc) is 2.72. The number of rotatable bonds is 3. The number of benzene rings is 1. The maximum absolute atomic E-state index is 6.00. The maximum atomic E-state index is 6.00. The predicted octanol–water partition coefficient (Wildman–Crippen LogP) is 3.38. The molecule has 0 aliphatic heterocycles. The van der Waals surface area contributed by atoms with Crippen molar-refractivity contribution in [3.05, 3.63) is 35.4 Å². The first-order chi connectivity index (χ1) is 8.47. The van der Waals surface area contributed by atoms with Crippen LogP contribution in [0.15, 0.2) is 24.3 Å². The lowest BCUT2D eigenvalue weighted by molar-refractivity contribution is 0.0357. The monoisotopic (exact) mass is 247 g/mol. The van der Waals surface area contributed by atoms with E-state index in [0.29, 0.717) is 6.61 Å². The molecule has 1 aromatic rings. The minimum absolute atomic E-state index is 0.215. The molecule has 0 bridgehead atoms. The lowest BCUT2D eigenvalue weighted by Gasteiger charge is -2.20. The van der Waals surface area contributed by atoms with Crippen molar-refractivity contribution < 1.29 is 4.74 Å². The molecule has 2 heteroatoms. The lowest BCUT2D eigenvalue weighted by atomic mass is 9.87. The first kappa shape index (κ1) is 13.6. The molecule has 0 heterocycles. The molecule has 1 aromatic carbocycles. The third-order valence-electron chi connectivity index (χ3n) is 3.79. The molecular weight excluding hydrogens is 222 g/mol. The SMILES string of the molecule is CC(C)(C)c1ccc(COC2CCCC2N)cc1. The van der Waals surface area contributed by atoms with Crippen LogP contribution < -0.4 is 5.73 Å². The number of nitrogens with two attached hydrogens (primary N) is 1. The second-order valence-electron chi connectivity index (χ2n) is 6.39. The van der Waals surface area contributed by atoms with E-state index in [1.165, 1.54) is 17.5 Å². The Hall–Kier alpha value is -0.860. The second kappa shape index (κ2) is 5.41. The van der Waals surface area contributed by atoms with Crippen LogP contribution in [0, 0.1) is 0 Å². The Morgan fingerprint density at radius 1 is 1.17 bits per heavy atom. The van der Waals surface area contributed by atoms with Crippen LogP contribution in [-0.2, 0) is 16.8 Å². The van der Waals surface area contributed by atoms with Gasteiger partial charge in [-0.1, -0.05) is 45.0 Å². The lowest BCUT2D eigenvalue weighted by Crippen LogP contribution is -2.31. The smallest absolute Gasteiger partial charge is 0.0730 e. The van der Waals surface area contributed by atoms with Crippen LogP contribution >= 0.6 is 0 Å². The summed E-state index contributed by atoms with van der Waals surface area (Å²) >= 11 is 0. The van der Waals surface area contributed by atoms with Crippen LogP contribution in [0.5, 0.6) is 0 Å². The van der Waals surface area contributed by atoms with E-state index in [2.05, 4.69) is 45.0 Å². The van der Waals surface area contributed by atoms with Crippen molar-refractivity contribution in [2.75, 3.05) is 0 Å². The Morgan fingerprint density at radius 3 is 2.33 bits per heavy atom. The Morgan fingerprint density at radius 2 is 1.83 bits per heavy atom. The van der Waals surface area contributed by atoms with E-state index in [1.807, 2.05) is 0 Å². The van der Waals surface area contributed by atoms with Gasteiger partial charge >= 0.3 is 0 Å². The molecule has 0 saturated heterocycles. The van der Waals surface area contributed by atoms with Crippen molar-refractivity contribution in [2.45, 2.75) is 64.2 Å². The van der Waals surface area contributed by atoms with Gasteiger partial charge in [0.15, 0.2) is 0 Å². The second-order valence-corrected chi connectivity index (χ2v) is 6.39. The molecule has 0 spiro atoms. The molecule has 2 unspecified atom stereocenters. The maximum Gasteiger partial charge on any atom is 0.0730 e. The molecule has 1 aliphatic carbocycles. The van der Waals surface area contributed by atoms with Gasteiger partial charge in [0, 0.05) is 6.04 Å². The number of hydrogen-bond donors (Lipinski definition) is 1. The summed E-state index contributed by atoms with van der Waals surface area (Å²) in [5, 5.41) is 0. The summed E-state index contributed by atoms with van der Waals surface area (Å²) in [5.74, 6) is 0. The summed E-state index contributed by atoms with van der Waals surface area (Å²) in [7, 11) is 0. The highest BCUT2D eigenvalue weighted by Crippen LogP contribution is 2.24. The van der Waals surface area contributed by atoms with E-state index in [-0.39, 0.29) is 17.6 Å². The Labute approximate surface area is 111 Å². The molecule has 0 aromatic heterocycles. The summed E-state index contributed by atoms with van der Waals surface area (Å²) in [6.45, 7) is 7.38. The molecule has 2 atom stereocenters. The molecule has 2 N–H and O–H groups in total. The molecule has 0 radical (unpaired) electrons. The molecule has 0 amide bonds. The van der Waals surface area contributed by atoms with Crippen molar-refractivity contribution in [1.82, 2.24) is 0 Å². The molecule has 2 rings (SSSR count). The van der Waals surface area contributed by atoms with Gasteiger partial charge in [-0.2, -0.15) is 0 Å². The molecule has 1 saturated carbocycles. The Balaban J connectivity index is 1.90. The van der Waals surface area contributed by atoms with Crippen LogP contribution in [-0.4, -0.2) is 12.1 Å². The van der Waals surface area contributed by atoms with E-state index in [1.54, 1.807) is 0 Å². The van der Waals surface area contributed by atoms with Crippen LogP contribution in [0.3, 0.4) is 0 Å². The number of ether oxygens (including phenoxy) is 1. The quantitative estimate of drug-likeness (QED) is 0.888. The van der Waals surface area contributed by atoms with Crippen molar-refractivity contribution in [3.8, 4) is 0 Å². The zero-order chi connectivity index (χ0) is 13.2. The van der Waals surface area contributed by atoms with Gasteiger partial charge in [0.1, 0.15) is 0 Å². The fourth-order valence-corrected chi connectivity index (χ4v) is 2.47. The molecular formula is C16H25NO. The highest BCUT2D eigenvalue weighted by atomic mass is 16.5. The predicted molar refractivity (Wildman–Crippen MR) is 75.5 cm³/mol. The van der Waals surface area contributed by atoms with Gasteiger partial charge in [0.2, 0.25) is 0 Å². The Kier molecular flexibility index (Phi) is 4.08. The minimum atomic E-state index is 0.215. The average molecular weight is 247 g/mol. The third-order valence-corrected chi connectivity index (χ3v) is 3.79. The zero-order valence-corrected chi connectivity index (χ0v) is 11.8. The number of hydrogen-bond acceptors (Lipinski definition) is 2. The highest BCUT2D eigenvalue weighted by molar-refractivity contribution is 5.27. The Bertz CT molecular complexity index is 377. The standard InChI is InChI=1S/C16H25NO/c1-16(2,3)13-9-7-12(8-10-13)11-18-15-6-4-5-14(15)17/h7-10,14-15H,4-6,11,17H2,1-3H3. The first-order valence-corrected chi connectivity index (χ1v) is 6.93. The summed E-state index contributed by atoms with van der Waals surface area (Å²) in [6.07, 6.45) is 3.68. The summed E-state index contributed by atoms with van der Waals surface area (Å²) in [5.41, 5.74) is 8.82. The highest BCUT2D eigenvalue weighted by Gasteiger charge is 2.24. The normalized spacial score (nSPS) is 24.4. The van der Waals surface area contributed by atoms with Gasteiger partial charge in [-0.05, 0) is 35.8 Å². The molecule has 1 fully saturated rings. The summed E-state index contributed by atoms with van der Waals surface area (Å²) in [6, 6.07) is 8.97. The van der Waals surface area contributed by atoms with Gasteiger partial charge in [-0.25, -0.2) is 0 Å². The van der Waals surface area contributed by atoms with Crippen molar-refractivity contribution >= 4 is 0 Å². The van der Waals surface area contributed by atoms with Crippen LogP contribution in [0.1, 0.15) is 51.2 Å². The third kappa shape index (κ3) is 3.33. The molecule has 18 heavy (non-hydrogen) atoms. The van der Waals surface area contributed by atoms with Gasteiger partial charge in [-0.3, -0.25) is 0 Å². The van der Waals surface area contributed by atoms with Crippen LogP contribution in [0.4, 0.5) is 0 Å². The van der Waals surface area contributed by atoms with Crippen LogP contribution in [0.2, 0.25) is 0 Å². The molecule has 1 aliphatic rings. The minimum Gasteiger partial charge on any atom is -0.372 e. The molecule has 100 valence electrons. The van der Waals surface area contributed by atoms with Gasteiger partial charge in [0.25, 0.3) is 0 Å². The fourth-order valence-electron chi connectivity index (χ4n) is 2.47. The van der Waals surface area contributed by atoms with Gasteiger partial charge in [-0.15, -0.1) is 0 Å². The van der Waals surface area contributed by atoms with Crippen molar-refractivity contribution in [1.29, 1.82) is 0 Å². The van der Waals surface area contributed by atoms with E-state index < -0.39 is 0 Å². The van der Waals surface area contributed by atoms with Gasteiger partial charge in [0.05, 0.1) is 12.7 Å². The van der Waals surface area contributed by atoms with E-state index in [0.717, 1.165) is 12.8 Å². The molecule has 2 nitrogen and oxygen atoms in total. The van der Waals surface area contributed by atoms with E-state index >= 15 is 0 Å². The van der Waals surface area contributed by atoms with Gasteiger partial charge < -0.3 is 10.5 Å². The van der Waals surface area contributed by atoms with Crippen molar-refractivity contribution in [3.63, 3.8) is 0 Å². The fraction of sp³-hybridized carbons (Fsp3) is 0.625. The first-order valence-electron chi connectivity index (χ1n) is 6.93. The largest absolute Gasteiger partial charge is 0.372 e. The van der Waals surface area contributed by atoms with Crippen molar-refractivity contribution in [2.24, 2.45) is 5.73 Å². The van der Waals surface area contributed by atoms with E-state index in [4.69, 9.17) is 10.5 Å². The summed E-state index contributed by atoms with van der Waals surface area (Å²) < 4.78 is 5.90. The topological polar surface area (TPSA) is 35.2 Å². The van der Waals surface area contributed by atoms with E-state index in [9.17, 15) is 0 Å². The summed E-state index contributed by atoms with van der Waals surface area (Å²) in [4.78, 5) is 0.